The number of carbonyl (C=O) groups excluding carboxylic acids is 2. The summed E-state index contributed by atoms with van der Waals surface area (Å²) in [6, 6.07) is 3.29. The van der Waals surface area contributed by atoms with Gasteiger partial charge in [0.1, 0.15) is 17.4 Å². The van der Waals surface area contributed by atoms with E-state index < -0.39 is 17.7 Å². The average Bonchev–Trinajstić information content (AvgIpc) is 2.78. The first kappa shape index (κ1) is 15.5. The van der Waals surface area contributed by atoms with Gasteiger partial charge in [0.05, 0.1) is 18.2 Å². The standard InChI is InChI=1S/C14H15BrN2O4/c1-14(2,3)21-13(19)17-7-16-11-9(12(18)20-4)5-8(15)6-10(11)17/h5-7H,1-4H3. The zero-order chi connectivity index (χ0) is 15.8. The molecule has 7 heteroatoms. The molecule has 2 aromatic rings. The normalized spacial score (nSPS) is 11.5. The zero-order valence-electron chi connectivity index (χ0n) is 12.1. The summed E-state index contributed by atoms with van der Waals surface area (Å²) in [5, 5.41) is 0. The molecule has 0 radical (unpaired) electrons. The van der Waals surface area contributed by atoms with Crippen LogP contribution >= 0.6 is 15.9 Å². The van der Waals surface area contributed by atoms with Crippen LogP contribution in [-0.4, -0.2) is 34.3 Å². The highest BCUT2D eigenvalue weighted by Crippen LogP contribution is 2.25. The average molecular weight is 355 g/mol. The van der Waals surface area contributed by atoms with Crippen molar-refractivity contribution in [2.45, 2.75) is 26.4 Å². The first-order chi connectivity index (χ1) is 9.73. The largest absolute Gasteiger partial charge is 0.465 e. The van der Waals surface area contributed by atoms with Crippen LogP contribution < -0.4 is 0 Å². The van der Waals surface area contributed by atoms with Gasteiger partial charge in [-0.25, -0.2) is 19.1 Å². The number of carbonyl (C=O) groups is 2. The molecule has 0 aliphatic heterocycles. The van der Waals surface area contributed by atoms with Crippen molar-refractivity contribution >= 4 is 39.0 Å². The maximum absolute atomic E-state index is 12.2. The van der Waals surface area contributed by atoms with Crippen molar-refractivity contribution in [2.24, 2.45) is 0 Å². The van der Waals surface area contributed by atoms with Crippen molar-refractivity contribution in [1.29, 1.82) is 0 Å². The van der Waals surface area contributed by atoms with Crippen LogP contribution in [0.3, 0.4) is 0 Å². The van der Waals surface area contributed by atoms with E-state index in [1.807, 2.05) is 0 Å². The van der Waals surface area contributed by atoms with Crippen molar-refractivity contribution in [3.63, 3.8) is 0 Å². The van der Waals surface area contributed by atoms with E-state index in [9.17, 15) is 9.59 Å². The lowest BCUT2D eigenvalue weighted by molar-refractivity contribution is 0.0541. The van der Waals surface area contributed by atoms with Gasteiger partial charge in [-0.05, 0) is 32.9 Å². The lowest BCUT2D eigenvalue weighted by Crippen LogP contribution is -2.26. The number of ether oxygens (including phenoxy) is 2. The molecule has 0 bridgehead atoms. The van der Waals surface area contributed by atoms with Gasteiger partial charge in [-0.1, -0.05) is 15.9 Å². The fourth-order valence-electron chi connectivity index (χ4n) is 1.80. The van der Waals surface area contributed by atoms with Gasteiger partial charge in [0.2, 0.25) is 0 Å². The molecule has 0 amide bonds. The minimum Gasteiger partial charge on any atom is -0.465 e. The number of hydrogen-bond acceptors (Lipinski definition) is 5. The summed E-state index contributed by atoms with van der Waals surface area (Å²) in [6.45, 7) is 5.33. The van der Waals surface area contributed by atoms with Crippen LogP contribution in [0.4, 0.5) is 4.79 Å². The van der Waals surface area contributed by atoms with Crippen molar-refractivity contribution in [2.75, 3.05) is 7.11 Å². The number of aromatic nitrogens is 2. The summed E-state index contributed by atoms with van der Waals surface area (Å²) in [7, 11) is 1.29. The Labute approximate surface area is 130 Å². The van der Waals surface area contributed by atoms with E-state index in [1.54, 1.807) is 32.9 Å². The quantitative estimate of drug-likeness (QED) is 0.734. The van der Waals surface area contributed by atoms with Crippen molar-refractivity contribution in [3.05, 3.63) is 28.5 Å². The van der Waals surface area contributed by atoms with Crippen molar-refractivity contribution in [1.82, 2.24) is 9.55 Å². The Kier molecular flexibility index (Phi) is 4.04. The Balaban J connectivity index is 2.56. The predicted molar refractivity (Wildman–Crippen MR) is 80.4 cm³/mol. The van der Waals surface area contributed by atoms with Gasteiger partial charge in [-0.2, -0.15) is 0 Å². The third kappa shape index (κ3) is 3.24. The molecular formula is C14H15BrN2O4. The topological polar surface area (TPSA) is 70.4 Å². The molecule has 112 valence electrons. The molecule has 0 fully saturated rings. The van der Waals surface area contributed by atoms with Crippen LogP contribution in [-0.2, 0) is 9.47 Å². The number of nitrogens with zero attached hydrogens (tertiary/aromatic N) is 2. The van der Waals surface area contributed by atoms with Crippen LogP contribution in [0.15, 0.2) is 22.9 Å². The molecular weight excluding hydrogens is 340 g/mol. The molecule has 0 atom stereocenters. The van der Waals surface area contributed by atoms with Crippen LogP contribution in [0.1, 0.15) is 31.1 Å². The van der Waals surface area contributed by atoms with Crippen molar-refractivity contribution in [3.8, 4) is 0 Å². The second-order valence-electron chi connectivity index (χ2n) is 5.41. The Morgan fingerprint density at radius 1 is 1.29 bits per heavy atom. The minimum atomic E-state index is -0.620. The second-order valence-corrected chi connectivity index (χ2v) is 6.32. The Morgan fingerprint density at radius 3 is 2.52 bits per heavy atom. The van der Waals surface area contributed by atoms with Gasteiger partial charge in [0, 0.05) is 4.47 Å². The molecule has 0 saturated carbocycles. The summed E-state index contributed by atoms with van der Waals surface area (Å²) in [6.07, 6.45) is 0.774. The molecule has 0 spiro atoms. The molecule has 0 aliphatic carbocycles. The predicted octanol–water partition coefficient (Wildman–Crippen LogP) is 3.37. The molecule has 1 heterocycles. The lowest BCUT2D eigenvalue weighted by Gasteiger charge is -2.19. The molecule has 2 rings (SSSR count). The van der Waals surface area contributed by atoms with Gasteiger partial charge in [0.25, 0.3) is 0 Å². The summed E-state index contributed by atoms with van der Waals surface area (Å²) in [5.74, 6) is -0.518. The number of halogens is 1. The number of esters is 1. The number of fused-ring (bicyclic) bond motifs is 1. The molecule has 0 saturated heterocycles. The van der Waals surface area contributed by atoms with E-state index in [0.29, 0.717) is 15.5 Å². The van der Waals surface area contributed by atoms with Crippen LogP contribution in [0, 0.1) is 0 Å². The Morgan fingerprint density at radius 2 is 1.95 bits per heavy atom. The highest BCUT2D eigenvalue weighted by atomic mass is 79.9. The van der Waals surface area contributed by atoms with E-state index >= 15 is 0 Å². The van der Waals surface area contributed by atoms with Gasteiger partial charge in [-0.15, -0.1) is 0 Å². The fourth-order valence-corrected chi connectivity index (χ4v) is 2.25. The first-order valence-electron chi connectivity index (χ1n) is 6.21. The number of methoxy groups -OCH3 is 1. The minimum absolute atomic E-state index is 0.282. The Bertz CT molecular complexity index is 716. The summed E-state index contributed by atoms with van der Waals surface area (Å²) < 4.78 is 11.9. The van der Waals surface area contributed by atoms with Crippen LogP contribution in [0.2, 0.25) is 0 Å². The van der Waals surface area contributed by atoms with Crippen LogP contribution in [0.25, 0.3) is 11.0 Å². The maximum Gasteiger partial charge on any atom is 0.420 e. The summed E-state index contributed by atoms with van der Waals surface area (Å²) in [5.41, 5.74) is 0.518. The third-order valence-electron chi connectivity index (χ3n) is 2.61. The molecule has 0 N–H and O–H groups in total. The smallest absolute Gasteiger partial charge is 0.420 e. The van der Waals surface area contributed by atoms with E-state index in [1.165, 1.54) is 18.0 Å². The number of hydrogen-bond donors (Lipinski definition) is 0. The molecule has 0 aliphatic rings. The molecule has 0 unspecified atom stereocenters. The fraction of sp³-hybridized carbons (Fsp3) is 0.357. The third-order valence-corrected chi connectivity index (χ3v) is 3.07. The number of imidazole rings is 1. The molecule has 1 aromatic heterocycles. The Hall–Kier alpha value is -1.89. The highest BCUT2D eigenvalue weighted by molar-refractivity contribution is 9.10. The SMILES string of the molecule is COC(=O)c1cc(Br)cc2c1ncn2C(=O)OC(C)(C)C. The molecule has 1 aromatic carbocycles. The highest BCUT2D eigenvalue weighted by Gasteiger charge is 2.22. The maximum atomic E-state index is 12.2. The van der Waals surface area contributed by atoms with Gasteiger partial charge in [0.15, 0.2) is 0 Å². The number of rotatable bonds is 1. The van der Waals surface area contributed by atoms with E-state index in [0.717, 1.165) is 0 Å². The monoisotopic (exact) mass is 354 g/mol. The summed E-state index contributed by atoms with van der Waals surface area (Å²) >= 11 is 3.31. The summed E-state index contributed by atoms with van der Waals surface area (Å²) in [4.78, 5) is 28.1. The van der Waals surface area contributed by atoms with Gasteiger partial charge >= 0.3 is 12.1 Å². The number of benzene rings is 1. The molecule has 21 heavy (non-hydrogen) atoms. The van der Waals surface area contributed by atoms with E-state index in [-0.39, 0.29) is 5.56 Å². The van der Waals surface area contributed by atoms with Gasteiger partial charge in [-0.3, -0.25) is 0 Å². The van der Waals surface area contributed by atoms with Crippen LogP contribution in [0.5, 0.6) is 0 Å². The van der Waals surface area contributed by atoms with Gasteiger partial charge < -0.3 is 9.47 Å². The van der Waals surface area contributed by atoms with E-state index in [2.05, 4.69) is 20.9 Å². The molecule has 6 nitrogen and oxygen atoms in total. The van der Waals surface area contributed by atoms with Crippen molar-refractivity contribution < 1.29 is 19.1 Å². The first-order valence-corrected chi connectivity index (χ1v) is 7.00. The van der Waals surface area contributed by atoms with E-state index in [4.69, 9.17) is 9.47 Å². The zero-order valence-corrected chi connectivity index (χ0v) is 13.7. The lowest BCUT2D eigenvalue weighted by atomic mass is 10.2. The second kappa shape index (κ2) is 5.48.